The maximum Gasteiger partial charge on any atom is 0.317 e. The van der Waals surface area contributed by atoms with E-state index in [0.29, 0.717) is 37.4 Å². The molecule has 1 amide bonds. The molecule has 20 heavy (non-hydrogen) atoms. The van der Waals surface area contributed by atoms with E-state index in [1.165, 1.54) is 0 Å². The minimum Gasteiger partial charge on any atom is -0.480 e. The van der Waals surface area contributed by atoms with Crippen LogP contribution in [-0.2, 0) is 4.79 Å². The summed E-state index contributed by atoms with van der Waals surface area (Å²) >= 11 is 0. The molecule has 6 heteroatoms. The molecule has 108 valence electrons. The van der Waals surface area contributed by atoms with Crippen molar-refractivity contribution in [3.8, 4) is 0 Å². The summed E-state index contributed by atoms with van der Waals surface area (Å²) in [5.41, 5.74) is 7.85. The zero-order valence-corrected chi connectivity index (χ0v) is 11.5. The molecule has 3 N–H and O–H groups in total. The Morgan fingerprint density at radius 1 is 1.25 bits per heavy atom. The summed E-state index contributed by atoms with van der Waals surface area (Å²) < 4.78 is 0. The SMILES string of the molecule is Cc1ccc(N)c(C(=O)N2CCN(CC(=O)O)CC2)c1. The number of amides is 1. The number of hydrogen-bond acceptors (Lipinski definition) is 4. The number of nitrogens with two attached hydrogens (primary N) is 1. The Morgan fingerprint density at radius 3 is 2.50 bits per heavy atom. The van der Waals surface area contributed by atoms with Crippen LogP contribution in [0.4, 0.5) is 5.69 Å². The molecule has 1 aromatic carbocycles. The summed E-state index contributed by atoms with van der Waals surface area (Å²) in [7, 11) is 0. The summed E-state index contributed by atoms with van der Waals surface area (Å²) in [6, 6.07) is 5.40. The Kier molecular flexibility index (Phi) is 4.24. The third-order valence-corrected chi connectivity index (χ3v) is 3.46. The van der Waals surface area contributed by atoms with E-state index < -0.39 is 5.97 Å². The smallest absolute Gasteiger partial charge is 0.317 e. The number of rotatable bonds is 3. The number of aryl methyl sites for hydroxylation is 1. The highest BCUT2D eigenvalue weighted by atomic mass is 16.4. The fourth-order valence-corrected chi connectivity index (χ4v) is 2.33. The molecule has 0 spiro atoms. The second kappa shape index (κ2) is 5.92. The Morgan fingerprint density at radius 2 is 1.90 bits per heavy atom. The van der Waals surface area contributed by atoms with Gasteiger partial charge in [0.05, 0.1) is 12.1 Å². The molecule has 0 bridgehead atoms. The van der Waals surface area contributed by atoms with Crippen molar-refractivity contribution in [3.63, 3.8) is 0 Å². The van der Waals surface area contributed by atoms with Crippen molar-refractivity contribution in [2.24, 2.45) is 0 Å². The topological polar surface area (TPSA) is 86.9 Å². The van der Waals surface area contributed by atoms with Gasteiger partial charge >= 0.3 is 5.97 Å². The highest BCUT2D eigenvalue weighted by Crippen LogP contribution is 2.17. The first-order valence-electron chi connectivity index (χ1n) is 6.57. The van der Waals surface area contributed by atoms with E-state index in [1.807, 2.05) is 17.9 Å². The third-order valence-electron chi connectivity index (χ3n) is 3.46. The fraction of sp³-hybridized carbons (Fsp3) is 0.429. The standard InChI is InChI=1S/C14H19N3O3/c1-10-2-3-12(15)11(8-10)14(20)17-6-4-16(5-7-17)9-13(18)19/h2-3,8H,4-7,9,15H2,1H3,(H,18,19). The lowest BCUT2D eigenvalue weighted by atomic mass is 10.1. The number of aliphatic carboxylic acids is 1. The summed E-state index contributed by atoms with van der Waals surface area (Å²) in [4.78, 5) is 26.6. The van der Waals surface area contributed by atoms with E-state index in [9.17, 15) is 9.59 Å². The highest BCUT2D eigenvalue weighted by molar-refractivity contribution is 5.99. The molecular formula is C14H19N3O3. The van der Waals surface area contributed by atoms with Crippen molar-refractivity contribution < 1.29 is 14.7 Å². The van der Waals surface area contributed by atoms with Crippen LogP contribution in [0, 0.1) is 6.92 Å². The van der Waals surface area contributed by atoms with Crippen molar-refractivity contribution in [1.82, 2.24) is 9.80 Å². The first-order chi connectivity index (χ1) is 9.47. The van der Waals surface area contributed by atoms with Crippen LogP contribution in [0.5, 0.6) is 0 Å². The number of hydrogen-bond donors (Lipinski definition) is 2. The van der Waals surface area contributed by atoms with Gasteiger partial charge in [-0.2, -0.15) is 0 Å². The number of carboxylic acid groups (broad SMARTS) is 1. The molecule has 1 aliphatic rings. The van der Waals surface area contributed by atoms with Crippen LogP contribution in [-0.4, -0.2) is 59.5 Å². The van der Waals surface area contributed by atoms with Crippen molar-refractivity contribution in [3.05, 3.63) is 29.3 Å². The van der Waals surface area contributed by atoms with E-state index in [2.05, 4.69) is 0 Å². The average Bonchev–Trinajstić information content (AvgIpc) is 2.41. The minimum absolute atomic E-state index is 0.0224. The lowest BCUT2D eigenvalue weighted by Crippen LogP contribution is -2.50. The number of carbonyl (C=O) groups excluding carboxylic acids is 1. The molecule has 1 heterocycles. The van der Waals surface area contributed by atoms with Gasteiger partial charge in [0.15, 0.2) is 0 Å². The van der Waals surface area contributed by atoms with Gasteiger partial charge in [-0.15, -0.1) is 0 Å². The lowest BCUT2D eigenvalue weighted by molar-refractivity contribution is -0.138. The van der Waals surface area contributed by atoms with E-state index in [4.69, 9.17) is 10.8 Å². The first-order valence-corrected chi connectivity index (χ1v) is 6.57. The predicted molar refractivity (Wildman–Crippen MR) is 75.6 cm³/mol. The monoisotopic (exact) mass is 277 g/mol. The number of nitrogen functional groups attached to an aromatic ring is 1. The molecule has 0 unspecified atom stereocenters. The van der Waals surface area contributed by atoms with Gasteiger partial charge in [-0.05, 0) is 19.1 Å². The molecule has 1 aliphatic heterocycles. The zero-order chi connectivity index (χ0) is 14.7. The van der Waals surface area contributed by atoms with Crippen molar-refractivity contribution in [2.45, 2.75) is 6.92 Å². The molecule has 0 saturated carbocycles. The Hall–Kier alpha value is -2.08. The van der Waals surface area contributed by atoms with Gasteiger partial charge in [-0.3, -0.25) is 14.5 Å². The normalized spacial score (nSPS) is 16.1. The number of nitrogens with zero attached hydrogens (tertiary/aromatic N) is 2. The molecule has 2 rings (SSSR count). The van der Waals surface area contributed by atoms with Gasteiger partial charge < -0.3 is 15.7 Å². The Bertz CT molecular complexity index is 522. The summed E-state index contributed by atoms with van der Waals surface area (Å²) in [5, 5.41) is 8.75. The van der Waals surface area contributed by atoms with E-state index in [0.717, 1.165) is 5.56 Å². The average molecular weight is 277 g/mol. The van der Waals surface area contributed by atoms with Gasteiger partial charge in [0.2, 0.25) is 0 Å². The van der Waals surface area contributed by atoms with E-state index >= 15 is 0 Å². The molecular weight excluding hydrogens is 258 g/mol. The number of anilines is 1. The summed E-state index contributed by atoms with van der Waals surface area (Å²) in [5.74, 6) is -0.922. The van der Waals surface area contributed by atoms with Gasteiger partial charge in [0, 0.05) is 31.9 Å². The van der Waals surface area contributed by atoms with Gasteiger partial charge in [-0.1, -0.05) is 11.6 Å². The molecule has 0 aliphatic carbocycles. The largest absolute Gasteiger partial charge is 0.480 e. The van der Waals surface area contributed by atoms with Crippen LogP contribution >= 0.6 is 0 Å². The van der Waals surface area contributed by atoms with E-state index in [-0.39, 0.29) is 12.5 Å². The fourth-order valence-electron chi connectivity index (χ4n) is 2.33. The first kappa shape index (κ1) is 14.3. The second-order valence-corrected chi connectivity index (χ2v) is 5.05. The predicted octanol–water partition coefficient (Wildman–Crippen LogP) is 0.420. The zero-order valence-electron chi connectivity index (χ0n) is 11.5. The number of piperazine rings is 1. The van der Waals surface area contributed by atoms with Crippen LogP contribution in [0.25, 0.3) is 0 Å². The van der Waals surface area contributed by atoms with Crippen LogP contribution in [0.1, 0.15) is 15.9 Å². The van der Waals surface area contributed by atoms with Crippen molar-refractivity contribution >= 4 is 17.6 Å². The highest BCUT2D eigenvalue weighted by Gasteiger charge is 2.24. The Labute approximate surface area is 117 Å². The Balaban J connectivity index is 2.01. The number of benzene rings is 1. The van der Waals surface area contributed by atoms with Gasteiger partial charge in [0.25, 0.3) is 5.91 Å². The molecule has 1 saturated heterocycles. The summed E-state index contributed by atoms with van der Waals surface area (Å²) in [6.45, 7) is 4.14. The minimum atomic E-state index is -0.840. The van der Waals surface area contributed by atoms with Crippen LogP contribution in [0.15, 0.2) is 18.2 Å². The van der Waals surface area contributed by atoms with Crippen LogP contribution in [0.2, 0.25) is 0 Å². The molecule has 0 aromatic heterocycles. The molecule has 1 aromatic rings. The maximum absolute atomic E-state index is 12.4. The molecule has 6 nitrogen and oxygen atoms in total. The number of carboxylic acids is 1. The maximum atomic E-state index is 12.4. The molecule has 1 fully saturated rings. The van der Waals surface area contributed by atoms with Crippen molar-refractivity contribution in [1.29, 1.82) is 0 Å². The van der Waals surface area contributed by atoms with Crippen LogP contribution < -0.4 is 5.73 Å². The number of carbonyl (C=O) groups is 2. The van der Waals surface area contributed by atoms with Gasteiger partial charge in [0.1, 0.15) is 0 Å². The van der Waals surface area contributed by atoms with Gasteiger partial charge in [-0.25, -0.2) is 0 Å². The second-order valence-electron chi connectivity index (χ2n) is 5.05. The van der Waals surface area contributed by atoms with Crippen LogP contribution in [0.3, 0.4) is 0 Å². The van der Waals surface area contributed by atoms with Crippen molar-refractivity contribution in [2.75, 3.05) is 38.5 Å². The van der Waals surface area contributed by atoms with E-state index in [1.54, 1.807) is 17.0 Å². The summed E-state index contributed by atoms with van der Waals surface area (Å²) in [6.07, 6.45) is 0. The third kappa shape index (κ3) is 3.27. The molecule has 0 atom stereocenters. The quantitative estimate of drug-likeness (QED) is 0.782. The molecule has 0 radical (unpaired) electrons. The lowest BCUT2D eigenvalue weighted by Gasteiger charge is -2.34.